The molecule has 2 nitrogen and oxygen atoms in total. The molecule has 0 aromatic heterocycles. The van der Waals surface area contributed by atoms with Crippen LogP contribution >= 0.6 is 45.2 Å². The molecule has 2 aromatic rings. The van der Waals surface area contributed by atoms with Gasteiger partial charge in [-0.15, -0.1) is 0 Å². The van der Waals surface area contributed by atoms with Crippen molar-refractivity contribution in [1.29, 1.82) is 0 Å². The van der Waals surface area contributed by atoms with Gasteiger partial charge in [0.25, 0.3) is 0 Å². The molecule has 2 aliphatic rings. The molecular formula is C26H22F2I2O2S. The highest BCUT2D eigenvalue weighted by Gasteiger charge is 2.42. The van der Waals surface area contributed by atoms with Crippen LogP contribution in [-0.2, 0) is 21.2 Å². The predicted octanol–water partition coefficient (Wildman–Crippen LogP) is 7.11. The Hall–Kier alpha value is -1.33. The number of hydrogen-bond acceptors (Lipinski definition) is 2. The number of allylic oxidation sites excluding steroid dienone is 4. The Labute approximate surface area is 220 Å². The lowest BCUT2D eigenvalue weighted by Crippen LogP contribution is -2.35. The Morgan fingerprint density at radius 1 is 0.727 bits per heavy atom. The Morgan fingerprint density at radius 2 is 1.09 bits per heavy atom. The van der Waals surface area contributed by atoms with Crippen molar-refractivity contribution in [1.82, 2.24) is 0 Å². The van der Waals surface area contributed by atoms with E-state index >= 15 is 8.78 Å². The summed E-state index contributed by atoms with van der Waals surface area (Å²) in [4.78, 5) is 0. The minimum Gasteiger partial charge on any atom is -0.229 e. The standard InChI is InChI=1S/C26H22F2I2O2S/c1-17-15-19(11-13-25(17,27)21-7-3-5-9-23(21)29)33(31,32)20-12-14-26(28,18(2)16-20)22-8-4-6-10-24(22)30/h3-16,19-20H,1-2H3. The summed E-state index contributed by atoms with van der Waals surface area (Å²) < 4.78 is 60.2. The van der Waals surface area contributed by atoms with Crippen molar-refractivity contribution >= 4 is 55.0 Å². The average molecular weight is 690 g/mol. The van der Waals surface area contributed by atoms with Crippen LogP contribution in [0.3, 0.4) is 0 Å². The molecule has 172 valence electrons. The molecule has 0 amide bonds. The molecule has 0 radical (unpaired) electrons. The summed E-state index contributed by atoms with van der Waals surface area (Å²) in [6.07, 6.45) is 8.40. The molecule has 0 heterocycles. The van der Waals surface area contributed by atoms with Crippen molar-refractivity contribution in [3.8, 4) is 0 Å². The van der Waals surface area contributed by atoms with Crippen LogP contribution < -0.4 is 0 Å². The second-order valence-corrected chi connectivity index (χ2v) is 12.9. The van der Waals surface area contributed by atoms with Gasteiger partial charge in [-0.2, -0.15) is 0 Å². The minimum absolute atomic E-state index is 0.321. The van der Waals surface area contributed by atoms with Gasteiger partial charge in [-0.25, -0.2) is 17.2 Å². The fraction of sp³-hybridized carbons (Fsp3) is 0.231. The summed E-state index contributed by atoms with van der Waals surface area (Å²) in [5.41, 5.74) is -2.12. The molecule has 0 saturated carbocycles. The monoisotopic (exact) mass is 690 g/mol. The fourth-order valence-corrected chi connectivity index (χ4v) is 7.58. The fourth-order valence-electron chi connectivity index (χ4n) is 4.27. The summed E-state index contributed by atoms with van der Waals surface area (Å²) >= 11 is 4.16. The smallest absolute Gasteiger partial charge is 0.176 e. The number of benzene rings is 2. The Balaban J connectivity index is 1.65. The van der Waals surface area contributed by atoms with Gasteiger partial charge in [-0.05, 0) is 94.5 Å². The van der Waals surface area contributed by atoms with Crippen LogP contribution in [0.2, 0.25) is 0 Å². The van der Waals surface area contributed by atoms with Crippen LogP contribution in [0.1, 0.15) is 25.0 Å². The zero-order chi connectivity index (χ0) is 24.0. The highest BCUT2D eigenvalue weighted by Crippen LogP contribution is 2.44. The second kappa shape index (κ2) is 9.03. The van der Waals surface area contributed by atoms with Gasteiger partial charge in [0.1, 0.15) is 0 Å². The summed E-state index contributed by atoms with van der Waals surface area (Å²) in [5, 5.41) is -1.99. The number of rotatable bonds is 4. The minimum atomic E-state index is -3.80. The van der Waals surface area contributed by atoms with Crippen molar-refractivity contribution in [2.24, 2.45) is 0 Å². The van der Waals surface area contributed by atoms with Crippen LogP contribution in [0.5, 0.6) is 0 Å². The van der Waals surface area contributed by atoms with E-state index in [1.165, 1.54) is 36.5 Å². The predicted molar refractivity (Wildman–Crippen MR) is 146 cm³/mol. The van der Waals surface area contributed by atoms with Gasteiger partial charge in [0, 0.05) is 18.3 Å². The molecule has 2 aromatic carbocycles. The molecule has 4 rings (SSSR count). The lowest BCUT2D eigenvalue weighted by molar-refractivity contribution is 0.281. The van der Waals surface area contributed by atoms with Gasteiger partial charge < -0.3 is 0 Å². The summed E-state index contributed by atoms with van der Waals surface area (Å²) in [5.74, 6) is 0. The lowest BCUT2D eigenvalue weighted by atomic mass is 9.85. The molecule has 0 saturated heterocycles. The normalized spacial score (nSPS) is 29.5. The maximum Gasteiger partial charge on any atom is 0.176 e. The molecule has 0 spiro atoms. The summed E-state index contributed by atoms with van der Waals surface area (Å²) in [6, 6.07) is 14.2. The van der Waals surface area contributed by atoms with Crippen LogP contribution in [0, 0.1) is 7.14 Å². The third kappa shape index (κ3) is 4.29. The van der Waals surface area contributed by atoms with E-state index in [1.54, 1.807) is 38.1 Å². The Kier molecular flexibility index (Phi) is 6.78. The number of sulfone groups is 1. The van der Waals surface area contributed by atoms with E-state index in [4.69, 9.17) is 0 Å². The average Bonchev–Trinajstić information content (AvgIpc) is 2.78. The van der Waals surface area contributed by atoms with Gasteiger partial charge in [-0.1, -0.05) is 60.7 Å². The highest BCUT2D eigenvalue weighted by atomic mass is 127. The van der Waals surface area contributed by atoms with E-state index in [0.717, 1.165) is 7.14 Å². The third-order valence-electron chi connectivity index (χ3n) is 6.30. The van der Waals surface area contributed by atoms with Gasteiger partial charge in [0.2, 0.25) is 0 Å². The van der Waals surface area contributed by atoms with E-state index in [-0.39, 0.29) is 0 Å². The molecule has 7 heteroatoms. The Morgan fingerprint density at radius 3 is 1.42 bits per heavy atom. The van der Waals surface area contributed by atoms with Gasteiger partial charge in [0.05, 0.1) is 10.5 Å². The first kappa shape index (κ1) is 24.8. The molecule has 4 atom stereocenters. The van der Waals surface area contributed by atoms with E-state index in [9.17, 15) is 8.42 Å². The van der Waals surface area contributed by atoms with Gasteiger partial charge >= 0.3 is 0 Å². The van der Waals surface area contributed by atoms with Crippen molar-refractivity contribution in [3.05, 3.63) is 114 Å². The molecule has 0 N–H and O–H groups in total. The molecule has 33 heavy (non-hydrogen) atoms. The van der Waals surface area contributed by atoms with Crippen molar-refractivity contribution in [2.75, 3.05) is 0 Å². The lowest BCUT2D eigenvalue weighted by Gasteiger charge is -2.32. The molecule has 0 fully saturated rings. The molecule has 4 unspecified atom stereocenters. The summed E-state index contributed by atoms with van der Waals surface area (Å²) in [6.45, 7) is 3.22. The topological polar surface area (TPSA) is 34.1 Å². The van der Waals surface area contributed by atoms with E-state index < -0.39 is 31.7 Å². The first-order chi connectivity index (χ1) is 15.5. The first-order valence-corrected chi connectivity index (χ1v) is 14.1. The zero-order valence-corrected chi connectivity index (χ0v) is 23.1. The van der Waals surface area contributed by atoms with Crippen LogP contribution in [0.4, 0.5) is 8.78 Å². The van der Waals surface area contributed by atoms with E-state index in [1.807, 2.05) is 24.3 Å². The second-order valence-electron chi connectivity index (χ2n) is 8.32. The highest BCUT2D eigenvalue weighted by molar-refractivity contribution is 14.1. The largest absolute Gasteiger partial charge is 0.229 e. The number of halogens is 4. The molecular weight excluding hydrogens is 668 g/mol. The quantitative estimate of drug-likeness (QED) is 0.254. The van der Waals surface area contributed by atoms with Gasteiger partial charge in [-0.3, -0.25) is 0 Å². The van der Waals surface area contributed by atoms with Crippen molar-refractivity contribution < 1.29 is 17.2 Å². The van der Waals surface area contributed by atoms with E-state index in [0.29, 0.717) is 22.3 Å². The summed E-state index contributed by atoms with van der Waals surface area (Å²) in [7, 11) is -3.80. The maximum atomic E-state index is 15.9. The van der Waals surface area contributed by atoms with Crippen LogP contribution in [0.25, 0.3) is 0 Å². The van der Waals surface area contributed by atoms with Gasteiger partial charge in [0.15, 0.2) is 21.2 Å². The first-order valence-electron chi connectivity index (χ1n) is 10.4. The van der Waals surface area contributed by atoms with Crippen LogP contribution in [-0.4, -0.2) is 18.9 Å². The maximum absolute atomic E-state index is 15.9. The van der Waals surface area contributed by atoms with E-state index in [2.05, 4.69) is 45.2 Å². The molecule has 0 aliphatic heterocycles. The zero-order valence-electron chi connectivity index (χ0n) is 18.0. The third-order valence-corrected chi connectivity index (χ3v) is 10.3. The number of alkyl halides is 2. The molecule has 2 aliphatic carbocycles. The van der Waals surface area contributed by atoms with Crippen molar-refractivity contribution in [3.63, 3.8) is 0 Å². The number of hydrogen-bond donors (Lipinski definition) is 0. The molecule has 0 bridgehead atoms. The van der Waals surface area contributed by atoms with Crippen LogP contribution in [0.15, 0.2) is 96.1 Å². The Bertz CT molecular complexity index is 1230. The SMILES string of the molecule is CC1=CC(S(=O)(=O)C2C=CC(F)(c3ccccc3I)C(C)=C2)C=CC1(F)c1ccccc1I. The van der Waals surface area contributed by atoms with Crippen molar-refractivity contribution in [2.45, 2.75) is 35.7 Å².